The second kappa shape index (κ2) is 9.11. The van der Waals surface area contributed by atoms with Crippen LogP contribution in [0.4, 0.5) is 5.69 Å². The Bertz CT molecular complexity index is 1230. The van der Waals surface area contributed by atoms with E-state index in [0.29, 0.717) is 30.5 Å². The van der Waals surface area contributed by atoms with Gasteiger partial charge in [0, 0.05) is 44.8 Å². The highest BCUT2D eigenvalue weighted by molar-refractivity contribution is 5.76. The molecule has 168 valence electrons. The van der Waals surface area contributed by atoms with Crippen LogP contribution < -0.4 is 9.64 Å². The van der Waals surface area contributed by atoms with Crippen molar-refractivity contribution in [2.75, 3.05) is 38.2 Å². The van der Waals surface area contributed by atoms with E-state index < -0.39 is 0 Å². The molecule has 1 aliphatic rings. The van der Waals surface area contributed by atoms with Crippen LogP contribution in [0.1, 0.15) is 0 Å². The van der Waals surface area contributed by atoms with Crippen LogP contribution >= 0.6 is 0 Å². The third kappa shape index (κ3) is 4.40. The molecule has 5 rings (SSSR count). The minimum atomic E-state index is 0.0442. The van der Waals surface area contributed by atoms with Crippen molar-refractivity contribution in [2.45, 2.75) is 6.54 Å². The molecule has 0 N–H and O–H groups in total. The second-order valence-electron chi connectivity index (χ2n) is 7.64. The largest absolute Gasteiger partial charge is 0.495 e. The number of nitrogens with zero attached hydrogens (tertiary/aromatic N) is 7. The molecule has 3 aromatic heterocycles. The number of methoxy groups -OCH3 is 1. The average Bonchev–Trinajstić information content (AvgIpc) is 3.55. The van der Waals surface area contributed by atoms with E-state index in [1.165, 1.54) is 0 Å². The number of anilines is 1. The first-order valence-corrected chi connectivity index (χ1v) is 10.6. The fourth-order valence-electron chi connectivity index (χ4n) is 3.84. The van der Waals surface area contributed by atoms with Crippen LogP contribution in [0.15, 0.2) is 65.8 Å². The molecule has 0 radical (unpaired) electrons. The van der Waals surface area contributed by atoms with Gasteiger partial charge in [0.15, 0.2) is 0 Å². The van der Waals surface area contributed by atoms with E-state index in [2.05, 4.69) is 25.0 Å². The molecule has 0 spiro atoms. The van der Waals surface area contributed by atoms with Gasteiger partial charge in [-0.05, 0) is 24.3 Å². The van der Waals surface area contributed by atoms with Crippen LogP contribution in [0.2, 0.25) is 0 Å². The fourth-order valence-corrected chi connectivity index (χ4v) is 3.84. The number of carbonyl (C=O) groups is 1. The van der Waals surface area contributed by atoms with Gasteiger partial charge in [-0.1, -0.05) is 17.3 Å². The van der Waals surface area contributed by atoms with Crippen LogP contribution in [0.5, 0.6) is 5.75 Å². The lowest BCUT2D eigenvalue weighted by Crippen LogP contribution is -2.49. The molecule has 0 unspecified atom stereocenters. The topological polar surface area (TPSA) is 102 Å². The molecule has 1 amide bonds. The molecule has 10 nitrogen and oxygen atoms in total. The van der Waals surface area contributed by atoms with Gasteiger partial charge in [-0.3, -0.25) is 9.78 Å². The van der Waals surface area contributed by atoms with E-state index in [1.54, 1.807) is 42.7 Å². The Morgan fingerprint density at radius 2 is 1.97 bits per heavy atom. The average molecular weight is 445 g/mol. The number of para-hydroxylation sites is 2. The number of pyridine rings is 1. The van der Waals surface area contributed by atoms with Crippen molar-refractivity contribution in [3.05, 3.63) is 61.3 Å². The smallest absolute Gasteiger partial charge is 0.259 e. The minimum Gasteiger partial charge on any atom is -0.495 e. The minimum absolute atomic E-state index is 0.0442. The zero-order valence-corrected chi connectivity index (χ0v) is 18.2. The van der Waals surface area contributed by atoms with Gasteiger partial charge in [-0.2, -0.15) is 4.98 Å². The number of aromatic nitrogens is 5. The summed E-state index contributed by atoms with van der Waals surface area (Å²) in [6.45, 7) is 3.01. The monoisotopic (exact) mass is 445 g/mol. The summed E-state index contributed by atoms with van der Waals surface area (Å²) in [7, 11) is 1.67. The Morgan fingerprint density at radius 1 is 1.12 bits per heavy atom. The maximum atomic E-state index is 12.8. The van der Waals surface area contributed by atoms with E-state index in [-0.39, 0.29) is 12.5 Å². The van der Waals surface area contributed by atoms with E-state index in [4.69, 9.17) is 9.26 Å². The van der Waals surface area contributed by atoms with Crippen molar-refractivity contribution in [2.24, 2.45) is 0 Å². The lowest BCUT2D eigenvalue weighted by molar-refractivity contribution is -0.132. The van der Waals surface area contributed by atoms with E-state index >= 15 is 0 Å². The summed E-state index contributed by atoms with van der Waals surface area (Å²) in [6, 6.07) is 11.6. The molecule has 10 heteroatoms. The van der Waals surface area contributed by atoms with Gasteiger partial charge in [0.1, 0.15) is 18.0 Å². The molecule has 0 bridgehead atoms. The molecule has 1 fully saturated rings. The number of imidazole rings is 1. The van der Waals surface area contributed by atoms with Crippen LogP contribution in [0, 0.1) is 0 Å². The molecular formula is C23H23N7O3. The Kier molecular flexibility index (Phi) is 5.71. The van der Waals surface area contributed by atoms with Crippen LogP contribution in [-0.2, 0) is 11.3 Å². The third-order valence-corrected chi connectivity index (χ3v) is 5.57. The number of rotatable bonds is 6. The standard InChI is InChI=1S/C23H23N7O3/c1-32-20-7-3-2-6-19(20)29-9-11-30(12-10-29)21(31)15-28-14-18(25-16-28)22-26-23(33-27-22)17-5-4-8-24-13-17/h2-8,13-14,16H,9-12,15H2,1H3. The Morgan fingerprint density at radius 3 is 2.76 bits per heavy atom. The van der Waals surface area contributed by atoms with Crippen molar-refractivity contribution in [3.63, 3.8) is 0 Å². The summed E-state index contributed by atoms with van der Waals surface area (Å²) < 4.78 is 12.5. The summed E-state index contributed by atoms with van der Waals surface area (Å²) >= 11 is 0. The number of benzene rings is 1. The summed E-state index contributed by atoms with van der Waals surface area (Å²) in [5, 5.41) is 4.00. The molecule has 4 heterocycles. The zero-order valence-electron chi connectivity index (χ0n) is 18.2. The molecule has 1 aliphatic heterocycles. The van der Waals surface area contributed by atoms with Gasteiger partial charge in [0.05, 0.1) is 24.7 Å². The number of hydrogen-bond donors (Lipinski definition) is 0. The quantitative estimate of drug-likeness (QED) is 0.446. The normalized spacial score (nSPS) is 13.8. The zero-order chi connectivity index (χ0) is 22.6. The molecule has 0 saturated carbocycles. The molecule has 4 aromatic rings. The van der Waals surface area contributed by atoms with Gasteiger partial charge in [0.2, 0.25) is 11.7 Å². The van der Waals surface area contributed by atoms with Gasteiger partial charge < -0.3 is 23.6 Å². The molecular weight excluding hydrogens is 422 g/mol. The van der Waals surface area contributed by atoms with Crippen molar-refractivity contribution in [1.82, 2.24) is 29.6 Å². The lowest BCUT2D eigenvalue weighted by atomic mass is 10.2. The van der Waals surface area contributed by atoms with Crippen LogP contribution in [0.25, 0.3) is 23.0 Å². The van der Waals surface area contributed by atoms with Crippen molar-refractivity contribution < 1.29 is 14.1 Å². The molecule has 1 aromatic carbocycles. The van der Waals surface area contributed by atoms with Gasteiger partial charge in [-0.15, -0.1) is 0 Å². The highest BCUT2D eigenvalue weighted by Crippen LogP contribution is 2.28. The summed E-state index contributed by atoms with van der Waals surface area (Å²) in [6.07, 6.45) is 6.69. The third-order valence-electron chi connectivity index (χ3n) is 5.57. The number of amides is 1. The molecule has 33 heavy (non-hydrogen) atoms. The second-order valence-corrected chi connectivity index (χ2v) is 7.64. The van der Waals surface area contributed by atoms with Crippen molar-refractivity contribution in [3.8, 4) is 28.7 Å². The summed E-state index contributed by atoms with van der Waals surface area (Å²) in [4.78, 5) is 29.7. The van der Waals surface area contributed by atoms with E-state index in [1.807, 2.05) is 35.2 Å². The van der Waals surface area contributed by atoms with Gasteiger partial charge in [0.25, 0.3) is 5.89 Å². The predicted molar refractivity (Wildman–Crippen MR) is 121 cm³/mol. The van der Waals surface area contributed by atoms with Crippen LogP contribution in [-0.4, -0.2) is 68.8 Å². The van der Waals surface area contributed by atoms with Gasteiger partial charge >= 0.3 is 0 Å². The highest BCUT2D eigenvalue weighted by Gasteiger charge is 2.23. The molecule has 0 aliphatic carbocycles. The van der Waals surface area contributed by atoms with Crippen LogP contribution in [0.3, 0.4) is 0 Å². The number of hydrogen-bond acceptors (Lipinski definition) is 8. The lowest BCUT2D eigenvalue weighted by Gasteiger charge is -2.36. The first-order valence-electron chi connectivity index (χ1n) is 10.6. The number of ether oxygens (including phenoxy) is 1. The van der Waals surface area contributed by atoms with Gasteiger partial charge in [-0.25, -0.2) is 4.98 Å². The first-order chi connectivity index (χ1) is 16.2. The number of piperazine rings is 1. The maximum Gasteiger partial charge on any atom is 0.259 e. The molecule has 0 atom stereocenters. The summed E-state index contributed by atoms with van der Waals surface area (Å²) in [5.74, 6) is 1.63. The SMILES string of the molecule is COc1ccccc1N1CCN(C(=O)Cn2cnc(-c3noc(-c4cccnc4)n3)c2)CC1. The Balaban J connectivity index is 1.19. The van der Waals surface area contributed by atoms with E-state index in [9.17, 15) is 4.79 Å². The van der Waals surface area contributed by atoms with Crippen molar-refractivity contribution >= 4 is 11.6 Å². The maximum absolute atomic E-state index is 12.8. The van der Waals surface area contributed by atoms with E-state index in [0.717, 1.165) is 30.1 Å². The Hall–Kier alpha value is -4.21. The predicted octanol–water partition coefficient (Wildman–Crippen LogP) is 2.35. The summed E-state index contributed by atoms with van der Waals surface area (Å²) in [5.41, 5.74) is 2.33. The molecule has 1 saturated heterocycles. The van der Waals surface area contributed by atoms with Crippen molar-refractivity contribution in [1.29, 1.82) is 0 Å². The Labute approximate surface area is 190 Å². The fraction of sp³-hybridized carbons (Fsp3) is 0.261. The number of carbonyl (C=O) groups excluding carboxylic acids is 1. The first kappa shape index (κ1) is 20.7. The highest BCUT2D eigenvalue weighted by atomic mass is 16.5.